The average molecular weight is 290 g/mol. The summed E-state index contributed by atoms with van der Waals surface area (Å²) in [6.45, 7) is 3.98. The van der Waals surface area contributed by atoms with Crippen molar-refractivity contribution in [2.45, 2.75) is 20.3 Å². The molecule has 0 saturated carbocycles. The molecule has 2 rings (SSSR count). The van der Waals surface area contributed by atoms with Gasteiger partial charge in [-0.05, 0) is 37.1 Å². The highest BCUT2D eigenvalue weighted by atomic mass is 32.1. The lowest BCUT2D eigenvalue weighted by Crippen LogP contribution is -2.14. The number of hydrogen-bond acceptors (Lipinski definition) is 4. The van der Waals surface area contributed by atoms with Crippen molar-refractivity contribution in [1.29, 1.82) is 0 Å². The Balaban J connectivity index is 2.25. The van der Waals surface area contributed by atoms with E-state index in [0.29, 0.717) is 4.88 Å². The third-order valence-corrected chi connectivity index (χ3v) is 4.22. The molecule has 6 heteroatoms. The van der Waals surface area contributed by atoms with Crippen molar-refractivity contribution < 1.29 is 14.7 Å². The van der Waals surface area contributed by atoms with Gasteiger partial charge < -0.3 is 10.4 Å². The van der Waals surface area contributed by atoms with Gasteiger partial charge in [0, 0.05) is 11.1 Å². The van der Waals surface area contributed by atoms with Gasteiger partial charge in [0.25, 0.3) is 5.91 Å². The molecular weight excluding hydrogens is 276 g/mol. The maximum Gasteiger partial charge on any atom is 0.339 e. The van der Waals surface area contributed by atoms with Crippen molar-refractivity contribution in [2.24, 2.45) is 0 Å². The van der Waals surface area contributed by atoms with E-state index in [-0.39, 0.29) is 17.3 Å². The maximum atomic E-state index is 12.1. The first kappa shape index (κ1) is 14.2. The van der Waals surface area contributed by atoms with Crippen LogP contribution < -0.4 is 5.32 Å². The van der Waals surface area contributed by atoms with Crippen LogP contribution in [0.1, 0.15) is 37.4 Å². The van der Waals surface area contributed by atoms with Crippen molar-refractivity contribution in [3.05, 3.63) is 45.3 Å². The highest BCUT2D eigenvalue weighted by molar-refractivity contribution is 7.14. The highest BCUT2D eigenvalue weighted by Gasteiger charge is 2.16. The van der Waals surface area contributed by atoms with E-state index < -0.39 is 5.97 Å². The number of carboxylic acids is 1. The predicted octanol–water partition coefficient (Wildman–Crippen LogP) is 2.96. The van der Waals surface area contributed by atoms with Crippen LogP contribution in [0.25, 0.3) is 0 Å². The maximum absolute atomic E-state index is 12.1. The molecule has 0 bridgehead atoms. The number of aromatic carboxylic acids is 1. The molecule has 0 atom stereocenters. The Bertz CT molecular complexity index is 664. The number of aromatic nitrogens is 1. The molecule has 0 aliphatic heterocycles. The quantitative estimate of drug-likeness (QED) is 0.907. The molecule has 1 amide bonds. The van der Waals surface area contributed by atoms with Crippen LogP contribution in [0.5, 0.6) is 0 Å². The number of rotatable bonds is 4. The number of carbonyl (C=O) groups is 2. The molecule has 0 aromatic carbocycles. The third-order valence-electron chi connectivity index (χ3n) is 2.84. The van der Waals surface area contributed by atoms with Gasteiger partial charge >= 0.3 is 5.97 Å². The molecule has 2 heterocycles. The fraction of sp³-hybridized carbons (Fsp3) is 0.214. The van der Waals surface area contributed by atoms with E-state index in [1.165, 1.54) is 29.7 Å². The molecule has 0 aliphatic rings. The van der Waals surface area contributed by atoms with Crippen LogP contribution in [-0.4, -0.2) is 22.0 Å². The summed E-state index contributed by atoms with van der Waals surface area (Å²) in [6, 6.07) is 4.73. The zero-order valence-corrected chi connectivity index (χ0v) is 12.0. The van der Waals surface area contributed by atoms with Gasteiger partial charge in [-0.2, -0.15) is 0 Å². The fourth-order valence-electron chi connectivity index (χ4n) is 1.83. The average Bonchev–Trinajstić information content (AvgIpc) is 2.80. The van der Waals surface area contributed by atoms with Crippen molar-refractivity contribution in [2.75, 3.05) is 5.32 Å². The number of nitrogens with one attached hydrogen (secondary N) is 1. The second kappa shape index (κ2) is 5.83. The first-order valence-corrected chi connectivity index (χ1v) is 6.93. The predicted molar refractivity (Wildman–Crippen MR) is 77.6 cm³/mol. The zero-order chi connectivity index (χ0) is 14.7. The van der Waals surface area contributed by atoms with Crippen molar-refractivity contribution in [1.82, 2.24) is 4.98 Å². The molecule has 0 unspecified atom stereocenters. The Hall–Kier alpha value is -2.21. The summed E-state index contributed by atoms with van der Waals surface area (Å²) in [4.78, 5) is 28.8. The number of pyridine rings is 1. The van der Waals surface area contributed by atoms with Gasteiger partial charge in [-0.3, -0.25) is 4.79 Å². The van der Waals surface area contributed by atoms with E-state index in [0.717, 1.165) is 16.9 Å². The molecule has 0 saturated heterocycles. The minimum atomic E-state index is -1.12. The van der Waals surface area contributed by atoms with Crippen LogP contribution in [0.2, 0.25) is 0 Å². The number of aryl methyl sites for hydroxylation is 2. The van der Waals surface area contributed by atoms with Crippen LogP contribution in [0, 0.1) is 6.92 Å². The summed E-state index contributed by atoms with van der Waals surface area (Å²) in [6.07, 6.45) is 2.31. The highest BCUT2D eigenvalue weighted by Crippen LogP contribution is 2.23. The number of hydrogen-bond donors (Lipinski definition) is 2. The van der Waals surface area contributed by atoms with E-state index in [4.69, 9.17) is 5.11 Å². The minimum Gasteiger partial charge on any atom is -0.478 e. The number of carboxylic acid groups (broad SMARTS) is 1. The number of thiophene rings is 1. The third kappa shape index (κ3) is 2.85. The second-order valence-corrected chi connectivity index (χ2v) is 5.37. The van der Waals surface area contributed by atoms with Crippen LogP contribution >= 0.6 is 11.3 Å². The van der Waals surface area contributed by atoms with Gasteiger partial charge in [0.05, 0.1) is 4.88 Å². The number of nitrogens with zero attached hydrogens (tertiary/aromatic N) is 1. The van der Waals surface area contributed by atoms with E-state index in [2.05, 4.69) is 10.3 Å². The molecule has 2 aromatic heterocycles. The van der Waals surface area contributed by atoms with E-state index in [1.807, 2.05) is 19.9 Å². The SMILES string of the molecule is CCc1sc(C(=O)Nc2ncccc2C(=O)O)cc1C. The first-order chi connectivity index (χ1) is 9.52. The minimum absolute atomic E-state index is 0.0233. The van der Waals surface area contributed by atoms with Crippen LogP contribution in [0.15, 0.2) is 24.4 Å². The summed E-state index contributed by atoms with van der Waals surface area (Å²) in [5, 5.41) is 11.6. The standard InChI is InChI=1S/C14H14N2O3S/c1-3-10-8(2)7-11(20-10)13(17)16-12-9(14(18)19)5-4-6-15-12/h4-7H,3H2,1-2H3,(H,18,19)(H,15,16,17). The molecule has 0 aliphatic carbocycles. The van der Waals surface area contributed by atoms with Crippen molar-refractivity contribution in [3.8, 4) is 0 Å². The van der Waals surface area contributed by atoms with Gasteiger partial charge in [-0.25, -0.2) is 9.78 Å². The van der Waals surface area contributed by atoms with E-state index >= 15 is 0 Å². The zero-order valence-electron chi connectivity index (χ0n) is 11.1. The smallest absolute Gasteiger partial charge is 0.339 e. The van der Waals surface area contributed by atoms with Crippen molar-refractivity contribution in [3.63, 3.8) is 0 Å². The summed E-state index contributed by atoms with van der Waals surface area (Å²) in [5.41, 5.74) is 1.05. The van der Waals surface area contributed by atoms with Gasteiger partial charge in [-0.1, -0.05) is 6.92 Å². The van der Waals surface area contributed by atoms with Crippen LogP contribution in [0.3, 0.4) is 0 Å². The Labute approximate surface area is 120 Å². The van der Waals surface area contributed by atoms with Gasteiger partial charge in [0.15, 0.2) is 0 Å². The van der Waals surface area contributed by atoms with Crippen molar-refractivity contribution >= 4 is 29.0 Å². The summed E-state index contributed by atoms with van der Waals surface area (Å²) in [5.74, 6) is -1.39. The van der Waals surface area contributed by atoms with Gasteiger partial charge in [0.1, 0.15) is 11.4 Å². The number of anilines is 1. The molecule has 104 valence electrons. The lowest BCUT2D eigenvalue weighted by molar-refractivity contribution is 0.0697. The normalized spacial score (nSPS) is 10.3. The largest absolute Gasteiger partial charge is 0.478 e. The Kier molecular flexibility index (Phi) is 4.14. The van der Waals surface area contributed by atoms with Gasteiger partial charge in [0.2, 0.25) is 0 Å². The van der Waals surface area contributed by atoms with E-state index in [1.54, 1.807) is 0 Å². The fourth-order valence-corrected chi connectivity index (χ4v) is 2.84. The molecule has 0 fully saturated rings. The van der Waals surface area contributed by atoms with Gasteiger partial charge in [-0.15, -0.1) is 11.3 Å². The number of carbonyl (C=O) groups excluding carboxylic acids is 1. The Morgan fingerprint density at radius 2 is 2.20 bits per heavy atom. The molecule has 0 radical (unpaired) electrons. The first-order valence-electron chi connectivity index (χ1n) is 6.12. The Morgan fingerprint density at radius 3 is 2.80 bits per heavy atom. The molecule has 2 N–H and O–H groups in total. The Morgan fingerprint density at radius 1 is 1.45 bits per heavy atom. The summed E-state index contributed by atoms with van der Waals surface area (Å²) in [7, 11) is 0. The molecular formula is C14H14N2O3S. The topological polar surface area (TPSA) is 79.3 Å². The van der Waals surface area contributed by atoms with Crippen LogP contribution in [0.4, 0.5) is 5.82 Å². The second-order valence-electron chi connectivity index (χ2n) is 4.23. The molecule has 0 spiro atoms. The summed E-state index contributed by atoms with van der Waals surface area (Å²) < 4.78 is 0. The number of amides is 1. The molecule has 5 nitrogen and oxygen atoms in total. The van der Waals surface area contributed by atoms with Crippen LogP contribution in [-0.2, 0) is 6.42 Å². The molecule has 2 aromatic rings. The monoisotopic (exact) mass is 290 g/mol. The molecule has 20 heavy (non-hydrogen) atoms. The lowest BCUT2D eigenvalue weighted by Gasteiger charge is -2.05. The van der Waals surface area contributed by atoms with E-state index in [9.17, 15) is 9.59 Å². The lowest BCUT2D eigenvalue weighted by atomic mass is 10.2. The summed E-state index contributed by atoms with van der Waals surface area (Å²) >= 11 is 1.41.